The van der Waals surface area contributed by atoms with Crippen LogP contribution in [0.25, 0.3) is 11.8 Å². The number of hydrazone groups is 1. The molecule has 0 radical (unpaired) electrons. The number of carbonyl (C=O) groups is 3. The number of ether oxygens (including phenoxy) is 2. The minimum absolute atomic E-state index is 0. The second-order valence-electron chi connectivity index (χ2n) is 9.71. The Balaban J connectivity index is 0.00000812. The van der Waals surface area contributed by atoms with Gasteiger partial charge in [-0.15, -0.1) is 0 Å². The Kier molecular flexibility index (Phi) is 28.6. The standard InChI is InChI=1S/C28H24N4O18S4.4K/c1-3-46-28(36)24-18(26(34)32(30-24)20-14-16(52-50-48-38)10-12-22(20)54(42,43)44)8-6-4-5-7-17-23(27(35)45-2)29-31(25(17)33)19-13-15(51-49-47-37)9-11-21(19)53(39,40)41;;;;/h4-14,34,37-38H,3H2,1-2H3,(H,39,40,41)(H,42,43,44);;;;/q;4*+1/p-4/b5-4?,8-6?,17-7-;;;;. The van der Waals surface area contributed by atoms with E-state index >= 15 is 0 Å². The first-order valence-electron chi connectivity index (χ1n) is 14.1. The number of aromatic nitrogens is 2. The van der Waals surface area contributed by atoms with Crippen molar-refractivity contribution in [3.05, 3.63) is 77.5 Å². The van der Waals surface area contributed by atoms with Gasteiger partial charge in [-0.2, -0.15) is 28.6 Å². The first-order chi connectivity index (χ1) is 25.6. The number of amides is 1. The topological polar surface area (TPSA) is 321 Å². The Morgan fingerprint density at radius 3 is 1.88 bits per heavy atom. The summed E-state index contributed by atoms with van der Waals surface area (Å²) in [4.78, 5) is 36.9. The van der Waals surface area contributed by atoms with Gasteiger partial charge in [-0.1, -0.05) is 18.2 Å². The molecule has 0 unspecified atom stereocenters. The summed E-state index contributed by atoms with van der Waals surface area (Å²) in [6.45, 7) is 1.32. The minimum atomic E-state index is -5.24. The van der Waals surface area contributed by atoms with Crippen LogP contribution < -0.4 is 221 Å². The van der Waals surface area contributed by atoms with Crippen molar-refractivity contribution in [3.63, 3.8) is 0 Å². The van der Waals surface area contributed by atoms with Crippen LogP contribution in [-0.2, 0) is 58.0 Å². The van der Waals surface area contributed by atoms with E-state index in [2.05, 4.69) is 33.7 Å². The van der Waals surface area contributed by atoms with E-state index in [0.717, 1.165) is 61.7 Å². The van der Waals surface area contributed by atoms with Crippen molar-refractivity contribution in [2.45, 2.75) is 26.5 Å². The summed E-state index contributed by atoms with van der Waals surface area (Å²) in [5.41, 5.74) is -3.17. The molecule has 0 saturated heterocycles. The molecule has 2 heterocycles. The Hall–Kier alpha value is 1.58. The molecule has 0 fully saturated rings. The molecule has 1 aliphatic heterocycles. The number of benzene rings is 2. The van der Waals surface area contributed by atoms with Crippen LogP contribution in [0.1, 0.15) is 23.0 Å². The minimum Gasteiger partial charge on any atom is -0.744 e. The molecule has 2 aromatic carbocycles. The monoisotopic (exact) mass is 984 g/mol. The number of carbonyl (C=O) groups excluding carboxylic acids is 3. The number of anilines is 1. The third-order valence-electron chi connectivity index (χ3n) is 6.54. The number of nitrogens with zero attached hydrogens (tertiary/aromatic N) is 4. The van der Waals surface area contributed by atoms with Gasteiger partial charge in [-0.05, 0) is 55.5 Å². The molecule has 58 heavy (non-hydrogen) atoms. The third-order valence-corrected chi connectivity index (χ3v) is 9.45. The van der Waals surface area contributed by atoms with Gasteiger partial charge in [-0.3, -0.25) is 14.9 Å². The summed E-state index contributed by atoms with van der Waals surface area (Å²) < 4.78 is 90.6. The van der Waals surface area contributed by atoms with Crippen molar-refractivity contribution in [1.29, 1.82) is 0 Å². The summed E-state index contributed by atoms with van der Waals surface area (Å²) in [5, 5.41) is 46.3. The number of allylic oxidation sites excluding steroid dienone is 4. The van der Waals surface area contributed by atoms with Crippen LogP contribution >= 0.6 is 24.1 Å². The summed E-state index contributed by atoms with van der Waals surface area (Å²) in [5.74, 6) is -4.21. The van der Waals surface area contributed by atoms with Crippen LogP contribution in [0.4, 0.5) is 5.69 Å². The first-order valence-corrected chi connectivity index (χ1v) is 18.4. The molecule has 0 atom stereocenters. The van der Waals surface area contributed by atoms with Gasteiger partial charge in [0, 0.05) is 9.79 Å². The van der Waals surface area contributed by atoms with Crippen molar-refractivity contribution < 1.29 is 290 Å². The van der Waals surface area contributed by atoms with Crippen molar-refractivity contribution in [2.24, 2.45) is 5.10 Å². The molecule has 288 valence electrons. The van der Waals surface area contributed by atoms with Crippen molar-refractivity contribution in [2.75, 3.05) is 18.7 Å². The van der Waals surface area contributed by atoms with E-state index in [0.29, 0.717) is 33.8 Å². The Bertz CT molecular complexity index is 2320. The number of rotatable bonds is 16. The summed E-state index contributed by atoms with van der Waals surface area (Å²) >= 11 is 0.614. The van der Waals surface area contributed by atoms with Crippen LogP contribution in [0.3, 0.4) is 0 Å². The summed E-state index contributed by atoms with van der Waals surface area (Å²) in [6, 6.07) is 5.70. The molecule has 3 aromatic rings. The average Bonchev–Trinajstić information content (AvgIpc) is 3.63. The maximum Gasteiger partial charge on any atom is 1.00 e. The molecular weight excluding hydrogens is 965 g/mol. The number of aromatic hydroxyl groups is 1. The van der Waals surface area contributed by atoms with Gasteiger partial charge in [0.1, 0.15) is 20.2 Å². The maximum atomic E-state index is 13.5. The Labute approximate surface area is 507 Å². The summed E-state index contributed by atoms with van der Waals surface area (Å²) in [6.07, 6.45) is 5.69. The maximum absolute atomic E-state index is 13.5. The van der Waals surface area contributed by atoms with Crippen LogP contribution in [0.15, 0.2) is 91.0 Å². The SMILES string of the molecule is CCOC(=O)c1nn(-c2cc(SOO[O-])ccc2S(=O)(=O)[O-])c(O)c1C=CC=C/C=C1\C(=O)N(c2cc(SOO[O-])ccc2S(=O)(=O)[O-])N=C1C(=O)OC.[K+].[K+].[K+].[K+]. The largest absolute Gasteiger partial charge is 1.00 e. The number of hydrogen-bond donors (Lipinski definition) is 1. The molecule has 0 saturated carbocycles. The molecule has 4 rings (SSSR count). The fourth-order valence-electron chi connectivity index (χ4n) is 4.39. The molecular formula is C28H20K4N4O18S4. The zero-order chi connectivity index (χ0) is 39.8. The van der Waals surface area contributed by atoms with Gasteiger partial charge in [0.2, 0.25) is 5.88 Å². The van der Waals surface area contributed by atoms with Crippen molar-refractivity contribution in [1.82, 2.24) is 9.78 Å². The second kappa shape index (κ2) is 27.8. The fourth-order valence-corrected chi connectivity index (χ4v) is 6.45. The molecule has 30 heteroatoms. The molecule has 1 aromatic heterocycles. The summed E-state index contributed by atoms with van der Waals surface area (Å²) in [7, 11) is -9.49. The van der Waals surface area contributed by atoms with Gasteiger partial charge < -0.3 is 34.2 Å². The van der Waals surface area contributed by atoms with Crippen LogP contribution in [0.2, 0.25) is 0 Å². The van der Waals surface area contributed by atoms with Crippen LogP contribution in [-0.4, -0.2) is 78.1 Å². The second-order valence-corrected chi connectivity index (χ2v) is 14.0. The zero-order valence-corrected chi connectivity index (χ0v) is 46.6. The third kappa shape index (κ3) is 15.6. The van der Waals surface area contributed by atoms with Crippen LogP contribution in [0.5, 0.6) is 5.88 Å². The van der Waals surface area contributed by atoms with E-state index in [4.69, 9.17) is 4.74 Å². The van der Waals surface area contributed by atoms with Gasteiger partial charge in [-0.25, -0.2) is 26.4 Å². The molecule has 1 amide bonds. The predicted molar refractivity (Wildman–Crippen MR) is 173 cm³/mol. The van der Waals surface area contributed by atoms with Crippen LogP contribution in [0, 0.1) is 0 Å². The zero-order valence-electron chi connectivity index (χ0n) is 30.9. The smallest absolute Gasteiger partial charge is 0.744 e. The number of esters is 2. The first kappa shape index (κ1) is 59.6. The molecule has 0 spiro atoms. The molecule has 1 N–H and O–H groups in total. The van der Waals surface area contributed by atoms with Gasteiger partial charge in [0.05, 0.1) is 70.1 Å². The van der Waals surface area contributed by atoms with Gasteiger partial charge in [0.25, 0.3) is 5.91 Å². The Morgan fingerprint density at radius 2 is 1.38 bits per heavy atom. The van der Waals surface area contributed by atoms with Crippen molar-refractivity contribution in [3.8, 4) is 11.6 Å². The number of hydrogen-bond acceptors (Lipinski definition) is 22. The van der Waals surface area contributed by atoms with Gasteiger partial charge >= 0.3 is 217 Å². The molecule has 1 aliphatic rings. The van der Waals surface area contributed by atoms with E-state index in [1.54, 1.807) is 0 Å². The van der Waals surface area contributed by atoms with E-state index in [1.165, 1.54) is 19.1 Å². The van der Waals surface area contributed by atoms with E-state index < -0.39 is 82.1 Å². The van der Waals surface area contributed by atoms with Crippen molar-refractivity contribution >= 4 is 79.6 Å². The van der Waals surface area contributed by atoms with E-state index in [9.17, 15) is 55.9 Å². The molecule has 0 aliphatic carbocycles. The normalized spacial score (nSPS) is 13.4. The van der Waals surface area contributed by atoms with E-state index in [-0.39, 0.29) is 227 Å². The van der Waals surface area contributed by atoms with E-state index in [1.807, 2.05) is 0 Å². The number of methoxy groups -OCH3 is 1. The predicted octanol–water partition coefficient (Wildman–Crippen LogP) is -11.9. The average molecular weight is 985 g/mol. The molecule has 0 bridgehead atoms. The fraction of sp³-hybridized carbons (Fsp3) is 0.107. The quantitative estimate of drug-likeness (QED) is 0.0204. The molecule has 22 nitrogen and oxygen atoms in total. The van der Waals surface area contributed by atoms with Gasteiger partial charge in [0.15, 0.2) is 11.4 Å². The Morgan fingerprint density at radius 1 is 0.845 bits per heavy atom.